The SMILES string of the molecule is CC(CC(=O)Nc1cccc(Cl)c1)C1CCCNC1.Cl. The number of rotatable bonds is 4. The summed E-state index contributed by atoms with van der Waals surface area (Å²) in [6.45, 7) is 4.30. The molecule has 2 atom stereocenters. The van der Waals surface area contributed by atoms with Gasteiger partial charge in [-0.25, -0.2) is 0 Å². The molecule has 1 amide bonds. The Labute approximate surface area is 131 Å². The fraction of sp³-hybridized carbons (Fsp3) is 0.533. The van der Waals surface area contributed by atoms with Gasteiger partial charge in [-0.2, -0.15) is 0 Å². The normalized spacial score (nSPS) is 19.8. The first-order valence-electron chi connectivity index (χ1n) is 6.91. The summed E-state index contributed by atoms with van der Waals surface area (Å²) in [5.41, 5.74) is 0.770. The summed E-state index contributed by atoms with van der Waals surface area (Å²) in [5, 5.41) is 6.95. The van der Waals surface area contributed by atoms with Gasteiger partial charge in [0, 0.05) is 17.1 Å². The molecule has 0 saturated carbocycles. The van der Waals surface area contributed by atoms with Crippen molar-refractivity contribution >= 4 is 35.6 Å². The van der Waals surface area contributed by atoms with Crippen molar-refractivity contribution in [3.05, 3.63) is 29.3 Å². The molecule has 1 heterocycles. The molecule has 1 aliphatic heterocycles. The average molecular weight is 317 g/mol. The molecule has 1 aromatic carbocycles. The summed E-state index contributed by atoms with van der Waals surface area (Å²) in [5.74, 6) is 1.09. The minimum absolute atomic E-state index is 0. The quantitative estimate of drug-likeness (QED) is 0.888. The Morgan fingerprint density at radius 1 is 1.55 bits per heavy atom. The van der Waals surface area contributed by atoms with Gasteiger partial charge in [0.05, 0.1) is 0 Å². The van der Waals surface area contributed by atoms with E-state index in [4.69, 9.17) is 11.6 Å². The predicted molar refractivity (Wildman–Crippen MR) is 86.7 cm³/mol. The summed E-state index contributed by atoms with van der Waals surface area (Å²) < 4.78 is 0. The van der Waals surface area contributed by atoms with Gasteiger partial charge in [0.2, 0.25) is 5.91 Å². The van der Waals surface area contributed by atoms with Crippen LogP contribution in [-0.4, -0.2) is 19.0 Å². The summed E-state index contributed by atoms with van der Waals surface area (Å²) in [6, 6.07) is 7.27. The molecule has 0 aliphatic carbocycles. The lowest BCUT2D eigenvalue weighted by Gasteiger charge is -2.28. The Balaban J connectivity index is 0.00000200. The van der Waals surface area contributed by atoms with Gasteiger partial charge in [-0.3, -0.25) is 4.79 Å². The number of amides is 1. The fourth-order valence-corrected chi connectivity index (χ4v) is 2.79. The Morgan fingerprint density at radius 3 is 3.00 bits per heavy atom. The Morgan fingerprint density at radius 2 is 2.35 bits per heavy atom. The predicted octanol–water partition coefficient (Wildman–Crippen LogP) is 3.73. The van der Waals surface area contributed by atoms with Crippen molar-refractivity contribution in [1.29, 1.82) is 0 Å². The summed E-state index contributed by atoms with van der Waals surface area (Å²) in [7, 11) is 0. The average Bonchev–Trinajstić information content (AvgIpc) is 2.39. The summed E-state index contributed by atoms with van der Waals surface area (Å²) >= 11 is 5.90. The van der Waals surface area contributed by atoms with Crippen molar-refractivity contribution in [1.82, 2.24) is 5.32 Å². The molecule has 0 spiro atoms. The van der Waals surface area contributed by atoms with Crippen molar-refractivity contribution in [2.45, 2.75) is 26.2 Å². The molecule has 2 N–H and O–H groups in total. The highest BCUT2D eigenvalue weighted by Crippen LogP contribution is 2.23. The van der Waals surface area contributed by atoms with E-state index in [1.165, 1.54) is 12.8 Å². The minimum atomic E-state index is 0. The van der Waals surface area contributed by atoms with E-state index in [1.54, 1.807) is 12.1 Å². The number of nitrogens with one attached hydrogen (secondary N) is 2. The van der Waals surface area contributed by atoms with Crippen LogP contribution in [0.15, 0.2) is 24.3 Å². The Kier molecular flexibility index (Phi) is 7.35. The molecule has 20 heavy (non-hydrogen) atoms. The second kappa shape index (κ2) is 8.50. The zero-order valence-electron chi connectivity index (χ0n) is 11.7. The van der Waals surface area contributed by atoms with Crippen LogP contribution in [0.5, 0.6) is 0 Å². The molecule has 112 valence electrons. The third kappa shape index (κ3) is 5.31. The third-order valence-electron chi connectivity index (χ3n) is 3.76. The maximum absolute atomic E-state index is 12.0. The van der Waals surface area contributed by atoms with Gasteiger partial charge < -0.3 is 10.6 Å². The molecule has 1 fully saturated rings. The summed E-state index contributed by atoms with van der Waals surface area (Å²) in [6.07, 6.45) is 3.00. The van der Waals surface area contributed by atoms with Gasteiger partial charge in [0.25, 0.3) is 0 Å². The van der Waals surface area contributed by atoms with Crippen LogP contribution >= 0.6 is 24.0 Å². The van der Waals surface area contributed by atoms with Crippen molar-refractivity contribution in [3.63, 3.8) is 0 Å². The lowest BCUT2D eigenvalue weighted by atomic mass is 9.85. The molecule has 3 nitrogen and oxygen atoms in total. The molecular formula is C15H22Cl2N2O. The maximum atomic E-state index is 12.0. The lowest BCUT2D eigenvalue weighted by molar-refractivity contribution is -0.117. The third-order valence-corrected chi connectivity index (χ3v) is 3.99. The number of carbonyl (C=O) groups is 1. The van der Waals surface area contributed by atoms with E-state index in [1.807, 2.05) is 12.1 Å². The monoisotopic (exact) mass is 316 g/mol. The van der Waals surface area contributed by atoms with Crippen LogP contribution in [0.2, 0.25) is 5.02 Å². The number of piperidine rings is 1. The molecular weight excluding hydrogens is 295 g/mol. The zero-order chi connectivity index (χ0) is 13.7. The number of carbonyl (C=O) groups excluding carboxylic acids is 1. The van der Waals surface area contributed by atoms with Crippen molar-refractivity contribution < 1.29 is 4.79 Å². The van der Waals surface area contributed by atoms with Crippen LogP contribution in [0.4, 0.5) is 5.69 Å². The molecule has 0 radical (unpaired) electrons. The Hall–Kier alpha value is -0.770. The number of halogens is 2. The maximum Gasteiger partial charge on any atom is 0.224 e. The molecule has 5 heteroatoms. The molecule has 0 aromatic heterocycles. The first-order chi connectivity index (χ1) is 9.15. The first-order valence-corrected chi connectivity index (χ1v) is 7.29. The zero-order valence-corrected chi connectivity index (χ0v) is 13.3. The van der Waals surface area contributed by atoms with Gasteiger partial charge >= 0.3 is 0 Å². The number of anilines is 1. The molecule has 0 bridgehead atoms. The van der Waals surface area contributed by atoms with E-state index < -0.39 is 0 Å². The fourth-order valence-electron chi connectivity index (χ4n) is 2.60. The second-order valence-corrected chi connectivity index (χ2v) is 5.78. The number of benzene rings is 1. The van der Waals surface area contributed by atoms with Crippen LogP contribution in [0.1, 0.15) is 26.2 Å². The van der Waals surface area contributed by atoms with Crippen LogP contribution in [0.25, 0.3) is 0 Å². The Bertz CT molecular complexity index is 434. The van der Waals surface area contributed by atoms with Crippen molar-refractivity contribution in [3.8, 4) is 0 Å². The van der Waals surface area contributed by atoms with Gasteiger partial charge in [-0.15, -0.1) is 12.4 Å². The highest BCUT2D eigenvalue weighted by Gasteiger charge is 2.21. The van der Waals surface area contributed by atoms with Gasteiger partial charge in [0.15, 0.2) is 0 Å². The van der Waals surface area contributed by atoms with E-state index in [0.717, 1.165) is 18.8 Å². The largest absolute Gasteiger partial charge is 0.326 e. The van der Waals surface area contributed by atoms with E-state index in [2.05, 4.69) is 17.6 Å². The van der Waals surface area contributed by atoms with Crippen LogP contribution < -0.4 is 10.6 Å². The van der Waals surface area contributed by atoms with Crippen LogP contribution in [0.3, 0.4) is 0 Å². The van der Waals surface area contributed by atoms with Crippen molar-refractivity contribution in [2.24, 2.45) is 11.8 Å². The number of hydrogen-bond acceptors (Lipinski definition) is 2. The minimum Gasteiger partial charge on any atom is -0.326 e. The summed E-state index contributed by atoms with van der Waals surface area (Å²) in [4.78, 5) is 12.0. The topological polar surface area (TPSA) is 41.1 Å². The van der Waals surface area contributed by atoms with E-state index in [0.29, 0.717) is 23.3 Å². The standard InChI is InChI=1S/C15H21ClN2O.ClH/c1-11(12-4-3-7-17-10-12)8-15(19)18-14-6-2-5-13(16)9-14;/h2,5-6,9,11-12,17H,3-4,7-8,10H2,1H3,(H,18,19);1H. The number of hydrogen-bond donors (Lipinski definition) is 2. The molecule has 1 aliphatic rings. The molecule has 1 saturated heterocycles. The van der Waals surface area contributed by atoms with E-state index in [9.17, 15) is 4.79 Å². The van der Waals surface area contributed by atoms with Crippen molar-refractivity contribution in [2.75, 3.05) is 18.4 Å². The van der Waals surface area contributed by atoms with Crippen LogP contribution in [-0.2, 0) is 4.79 Å². The van der Waals surface area contributed by atoms with Gasteiger partial charge in [-0.1, -0.05) is 24.6 Å². The highest BCUT2D eigenvalue weighted by molar-refractivity contribution is 6.30. The van der Waals surface area contributed by atoms with E-state index >= 15 is 0 Å². The van der Waals surface area contributed by atoms with Gasteiger partial charge in [-0.05, 0) is 56.0 Å². The molecule has 2 rings (SSSR count). The van der Waals surface area contributed by atoms with E-state index in [-0.39, 0.29) is 18.3 Å². The molecule has 2 unspecified atom stereocenters. The highest BCUT2D eigenvalue weighted by atomic mass is 35.5. The molecule has 1 aromatic rings. The van der Waals surface area contributed by atoms with Gasteiger partial charge in [0.1, 0.15) is 0 Å². The van der Waals surface area contributed by atoms with Crippen LogP contribution in [0, 0.1) is 11.8 Å². The second-order valence-electron chi connectivity index (χ2n) is 5.35. The smallest absolute Gasteiger partial charge is 0.224 e. The lowest BCUT2D eigenvalue weighted by Crippen LogP contribution is -2.34. The first kappa shape index (κ1) is 17.3.